The quantitative estimate of drug-likeness (QED) is 0.517. The lowest BCUT2D eigenvalue weighted by atomic mass is 9.97. The van der Waals surface area contributed by atoms with Crippen LogP contribution in [0.1, 0.15) is 31.1 Å². The Bertz CT molecular complexity index is 789. The highest BCUT2D eigenvalue weighted by atomic mass is 16.5. The molecule has 2 aromatic rings. The maximum Gasteiger partial charge on any atom is 0.308 e. The first-order valence-corrected chi connectivity index (χ1v) is 9.22. The standard InChI is InChI=1S/C20H27N3O3/c1-4-21-20(23-11-9-15(10-12-23)19(24)25-3)22-13-18-14(2)16-7-5-6-8-17(16)26-18/h5-8,15H,4,9-13H2,1-3H3,(H,21,22). The molecule has 1 N–H and O–H groups in total. The van der Waals surface area contributed by atoms with Gasteiger partial charge < -0.3 is 19.4 Å². The van der Waals surface area contributed by atoms with Gasteiger partial charge in [-0.05, 0) is 32.8 Å². The molecule has 0 amide bonds. The largest absolute Gasteiger partial charge is 0.469 e. The molecule has 140 valence electrons. The average molecular weight is 357 g/mol. The fourth-order valence-corrected chi connectivity index (χ4v) is 3.44. The first kappa shape index (κ1) is 18.3. The third kappa shape index (κ3) is 3.84. The van der Waals surface area contributed by atoms with Crippen molar-refractivity contribution in [1.29, 1.82) is 0 Å². The summed E-state index contributed by atoms with van der Waals surface area (Å²) in [7, 11) is 1.45. The number of likely N-dealkylation sites (tertiary alicyclic amines) is 1. The Hall–Kier alpha value is -2.50. The number of nitrogens with one attached hydrogen (secondary N) is 1. The van der Waals surface area contributed by atoms with Crippen LogP contribution in [0.3, 0.4) is 0 Å². The lowest BCUT2D eigenvalue weighted by molar-refractivity contribution is -0.146. The maximum atomic E-state index is 11.7. The van der Waals surface area contributed by atoms with Crippen molar-refractivity contribution in [2.24, 2.45) is 10.9 Å². The number of rotatable bonds is 4. The molecule has 1 aliphatic rings. The summed E-state index contributed by atoms with van der Waals surface area (Å²) >= 11 is 0. The van der Waals surface area contributed by atoms with Gasteiger partial charge >= 0.3 is 5.97 Å². The number of esters is 1. The van der Waals surface area contributed by atoms with Crippen LogP contribution in [0.15, 0.2) is 33.7 Å². The summed E-state index contributed by atoms with van der Waals surface area (Å²) in [6.07, 6.45) is 1.58. The first-order chi connectivity index (χ1) is 12.6. The summed E-state index contributed by atoms with van der Waals surface area (Å²) in [5, 5.41) is 4.49. The van der Waals surface area contributed by atoms with E-state index in [9.17, 15) is 4.79 Å². The van der Waals surface area contributed by atoms with Gasteiger partial charge in [0.2, 0.25) is 0 Å². The summed E-state index contributed by atoms with van der Waals surface area (Å²) in [4.78, 5) is 18.7. The van der Waals surface area contributed by atoms with Gasteiger partial charge in [-0.1, -0.05) is 18.2 Å². The zero-order valence-electron chi connectivity index (χ0n) is 15.7. The van der Waals surface area contributed by atoms with Gasteiger partial charge in [0.05, 0.1) is 13.0 Å². The van der Waals surface area contributed by atoms with E-state index in [2.05, 4.69) is 30.1 Å². The highest BCUT2D eigenvalue weighted by Crippen LogP contribution is 2.25. The third-order valence-corrected chi connectivity index (χ3v) is 4.98. The van der Waals surface area contributed by atoms with E-state index >= 15 is 0 Å². The summed E-state index contributed by atoms with van der Waals surface area (Å²) in [5.41, 5.74) is 2.05. The number of hydrogen-bond acceptors (Lipinski definition) is 4. The second-order valence-electron chi connectivity index (χ2n) is 6.60. The minimum absolute atomic E-state index is 0.00301. The maximum absolute atomic E-state index is 11.7. The Morgan fingerprint density at radius 3 is 2.73 bits per heavy atom. The van der Waals surface area contributed by atoms with Crippen molar-refractivity contribution in [3.05, 3.63) is 35.6 Å². The van der Waals surface area contributed by atoms with Crippen molar-refractivity contribution in [2.45, 2.75) is 33.2 Å². The molecular formula is C20H27N3O3. The summed E-state index contributed by atoms with van der Waals surface area (Å²) in [6, 6.07) is 8.06. The van der Waals surface area contributed by atoms with Crippen LogP contribution in [0.5, 0.6) is 0 Å². The molecule has 1 saturated heterocycles. The second-order valence-corrected chi connectivity index (χ2v) is 6.60. The molecule has 26 heavy (non-hydrogen) atoms. The highest BCUT2D eigenvalue weighted by Gasteiger charge is 2.27. The number of benzene rings is 1. The first-order valence-electron chi connectivity index (χ1n) is 9.22. The molecule has 2 heterocycles. The number of carbonyl (C=O) groups excluding carboxylic acids is 1. The predicted octanol–water partition coefficient (Wildman–Crippen LogP) is 3.09. The van der Waals surface area contributed by atoms with E-state index in [4.69, 9.17) is 14.1 Å². The lowest BCUT2D eigenvalue weighted by Gasteiger charge is -2.33. The van der Waals surface area contributed by atoms with E-state index in [-0.39, 0.29) is 11.9 Å². The molecule has 3 rings (SSSR count). The fourth-order valence-electron chi connectivity index (χ4n) is 3.44. The molecule has 0 spiro atoms. The summed E-state index contributed by atoms with van der Waals surface area (Å²) in [6.45, 7) is 7.03. The van der Waals surface area contributed by atoms with Gasteiger partial charge in [0.1, 0.15) is 17.9 Å². The van der Waals surface area contributed by atoms with E-state index in [1.807, 2.05) is 18.2 Å². The van der Waals surface area contributed by atoms with Crippen LogP contribution >= 0.6 is 0 Å². The number of guanidine groups is 1. The number of hydrogen-bond donors (Lipinski definition) is 1. The number of aliphatic imine (C=N–C) groups is 1. The monoisotopic (exact) mass is 357 g/mol. The van der Waals surface area contributed by atoms with E-state index in [0.29, 0.717) is 6.54 Å². The lowest BCUT2D eigenvalue weighted by Crippen LogP contribution is -2.46. The molecule has 0 radical (unpaired) electrons. The molecule has 6 nitrogen and oxygen atoms in total. The van der Waals surface area contributed by atoms with Crippen LogP contribution in [0, 0.1) is 12.8 Å². The summed E-state index contributed by atoms with van der Waals surface area (Å²) < 4.78 is 10.8. The molecule has 1 fully saturated rings. The van der Waals surface area contributed by atoms with Crippen LogP contribution in [-0.2, 0) is 16.1 Å². The van der Waals surface area contributed by atoms with Gasteiger partial charge in [0.25, 0.3) is 0 Å². The Kier molecular flexibility index (Phi) is 5.81. The Labute approximate surface area is 154 Å². The van der Waals surface area contributed by atoms with Crippen LogP contribution in [0.4, 0.5) is 0 Å². The van der Waals surface area contributed by atoms with Crippen molar-refractivity contribution in [3.63, 3.8) is 0 Å². The molecule has 0 saturated carbocycles. The molecule has 0 aliphatic carbocycles. The summed E-state index contributed by atoms with van der Waals surface area (Å²) in [5.74, 6) is 1.66. The number of carbonyl (C=O) groups is 1. The number of piperidine rings is 1. The molecule has 0 atom stereocenters. The normalized spacial score (nSPS) is 16.1. The highest BCUT2D eigenvalue weighted by molar-refractivity contribution is 5.83. The van der Waals surface area contributed by atoms with E-state index in [1.165, 1.54) is 7.11 Å². The van der Waals surface area contributed by atoms with Gasteiger partial charge in [-0.25, -0.2) is 4.99 Å². The van der Waals surface area contributed by atoms with Gasteiger partial charge in [-0.2, -0.15) is 0 Å². The van der Waals surface area contributed by atoms with Gasteiger partial charge in [-0.15, -0.1) is 0 Å². The van der Waals surface area contributed by atoms with Crippen molar-refractivity contribution in [2.75, 3.05) is 26.7 Å². The number of fused-ring (bicyclic) bond motifs is 1. The van der Waals surface area contributed by atoms with Crippen LogP contribution in [-0.4, -0.2) is 43.6 Å². The average Bonchev–Trinajstić information content (AvgIpc) is 3.01. The number of ether oxygens (including phenoxy) is 1. The fraction of sp³-hybridized carbons (Fsp3) is 0.500. The zero-order chi connectivity index (χ0) is 18.5. The van der Waals surface area contributed by atoms with Crippen LogP contribution in [0.25, 0.3) is 11.0 Å². The molecule has 1 aromatic carbocycles. The Morgan fingerprint density at radius 2 is 2.08 bits per heavy atom. The van der Waals surface area contributed by atoms with Crippen molar-refractivity contribution in [3.8, 4) is 0 Å². The second kappa shape index (κ2) is 8.25. The number of furan rings is 1. The molecule has 0 unspecified atom stereocenters. The molecule has 0 bridgehead atoms. The SMILES string of the molecule is CCNC(=NCc1oc2ccccc2c1C)N1CCC(C(=O)OC)CC1. The topological polar surface area (TPSA) is 67.1 Å². The Balaban J connectivity index is 1.71. The number of para-hydroxylation sites is 1. The third-order valence-electron chi connectivity index (χ3n) is 4.98. The molecule has 6 heteroatoms. The predicted molar refractivity (Wildman–Crippen MR) is 102 cm³/mol. The smallest absolute Gasteiger partial charge is 0.308 e. The Morgan fingerprint density at radius 1 is 1.35 bits per heavy atom. The number of nitrogens with zero attached hydrogens (tertiary/aromatic N) is 2. The van der Waals surface area contributed by atoms with E-state index < -0.39 is 0 Å². The van der Waals surface area contributed by atoms with Crippen LogP contribution in [0.2, 0.25) is 0 Å². The minimum atomic E-state index is -0.107. The van der Waals surface area contributed by atoms with Gasteiger partial charge in [0.15, 0.2) is 5.96 Å². The molecular weight excluding hydrogens is 330 g/mol. The minimum Gasteiger partial charge on any atom is -0.469 e. The van der Waals surface area contributed by atoms with E-state index in [0.717, 1.165) is 60.7 Å². The van der Waals surface area contributed by atoms with E-state index in [1.54, 1.807) is 0 Å². The molecule has 1 aromatic heterocycles. The zero-order valence-corrected chi connectivity index (χ0v) is 15.7. The van der Waals surface area contributed by atoms with Crippen molar-refractivity contribution in [1.82, 2.24) is 10.2 Å². The van der Waals surface area contributed by atoms with Crippen LogP contribution < -0.4 is 5.32 Å². The number of aryl methyl sites for hydroxylation is 1. The number of methoxy groups -OCH3 is 1. The van der Waals surface area contributed by atoms with Gasteiger partial charge in [0, 0.05) is 30.6 Å². The van der Waals surface area contributed by atoms with Crippen molar-refractivity contribution < 1.29 is 13.9 Å². The van der Waals surface area contributed by atoms with Crippen molar-refractivity contribution >= 4 is 22.9 Å². The van der Waals surface area contributed by atoms with Gasteiger partial charge in [-0.3, -0.25) is 4.79 Å². The molecule has 1 aliphatic heterocycles.